The van der Waals surface area contributed by atoms with Crippen LogP contribution in [0.2, 0.25) is 0 Å². The molecule has 23 heavy (non-hydrogen) atoms. The second-order valence-electron chi connectivity index (χ2n) is 6.58. The van der Waals surface area contributed by atoms with Crippen molar-refractivity contribution < 1.29 is 9.13 Å². The first-order valence-corrected chi connectivity index (χ1v) is 8.33. The van der Waals surface area contributed by atoms with Crippen LogP contribution < -0.4 is 15.4 Å². The molecule has 0 amide bonds. The van der Waals surface area contributed by atoms with E-state index in [1.165, 1.54) is 0 Å². The van der Waals surface area contributed by atoms with E-state index in [0.717, 1.165) is 44.8 Å². The van der Waals surface area contributed by atoms with Crippen molar-refractivity contribution in [1.82, 2.24) is 9.80 Å². The first-order chi connectivity index (χ1) is 11.1. The monoisotopic (exact) mass is 322 g/mol. The average molecular weight is 322 g/mol. The summed E-state index contributed by atoms with van der Waals surface area (Å²) in [7, 11) is 3.63. The molecule has 6 heteroatoms. The van der Waals surface area contributed by atoms with Gasteiger partial charge in [-0.25, -0.2) is 4.39 Å². The minimum absolute atomic E-state index is 0.0781. The van der Waals surface area contributed by atoms with E-state index in [0.29, 0.717) is 18.0 Å². The molecular formula is C17H27FN4O. The Morgan fingerprint density at radius 1 is 1.17 bits per heavy atom. The van der Waals surface area contributed by atoms with Crippen molar-refractivity contribution in [2.45, 2.75) is 18.6 Å². The first kappa shape index (κ1) is 16.3. The summed E-state index contributed by atoms with van der Waals surface area (Å²) in [5, 5.41) is 0. The number of methoxy groups -OCH3 is 1. The van der Waals surface area contributed by atoms with Crippen molar-refractivity contribution in [2.75, 3.05) is 64.1 Å². The molecule has 2 aliphatic heterocycles. The van der Waals surface area contributed by atoms with Crippen molar-refractivity contribution in [2.24, 2.45) is 0 Å². The van der Waals surface area contributed by atoms with Crippen molar-refractivity contribution in [3.8, 4) is 5.75 Å². The zero-order valence-corrected chi connectivity index (χ0v) is 14.0. The summed E-state index contributed by atoms with van der Waals surface area (Å²) in [5.74, 6) is 0.712. The lowest BCUT2D eigenvalue weighted by Gasteiger charge is -2.44. The first-order valence-electron chi connectivity index (χ1n) is 8.33. The van der Waals surface area contributed by atoms with Crippen LogP contribution in [-0.2, 0) is 0 Å². The van der Waals surface area contributed by atoms with Crippen molar-refractivity contribution >= 4 is 11.4 Å². The Labute approximate surface area is 137 Å². The third kappa shape index (κ3) is 3.53. The second kappa shape index (κ2) is 6.93. The summed E-state index contributed by atoms with van der Waals surface area (Å²) >= 11 is 0. The highest BCUT2D eigenvalue weighted by molar-refractivity contribution is 5.62. The molecule has 2 aliphatic rings. The number of hydrogen-bond donors (Lipinski definition) is 1. The fourth-order valence-corrected chi connectivity index (χ4v) is 3.66. The Morgan fingerprint density at radius 2 is 1.91 bits per heavy atom. The molecule has 1 aromatic rings. The molecule has 2 saturated heterocycles. The van der Waals surface area contributed by atoms with Crippen LogP contribution in [-0.4, -0.2) is 75.4 Å². The van der Waals surface area contributed by atoms with Crippen LogP contribution >= 0.6 is 0 Å². The number of alkyl halides is 1. The number of nitrogens with zero attached hydrogens (tertiary/aromatic N) is 3. The van der Waals surface area contributed by atoms with E-state index in [1.807, 2.05) is 25.2 Å². The third-order valence-corrected chi connectivity index (χ3v) is 5.08. The number of piperidine rings is 1. The standard InChI is InChI=1S/C17H27FN4O/c1-20-6-5-16(14(18)12-20)22-9-7-21(8-10-22)13-3-4-15(19)17(11-13)23-2/h3-4,11,14,16H,5-10,12,19H2,1-2H3/t14-,16+/m0/s1. The molecule has 2 N–H and O–H groups in total. The topological polar surface area (TPSA) is 45.0 Å². The molecule has 5 nitrogen and oxygen atoms in total. The summed E-state index contributed by atoms with van der Waals surface area (Å²) < 4.78 is 19.6. The van der Waals surface area contributed by atoms with Crippen molar-refractivity contribution in [1.29, 1.82) is 0 Å². The van der Waals surface area contributed by atoms with Crippen LogP contribution in [0.5, 0.6) is 5.75 Å². The van der Waals surface area contributed by atoms with Gasteiger partial charge in [0.2, 0.25) is 0 Å². The number of halogens is 1. The van der Waals surface area contributed by atoms with Gasteiger partial charge in [0.15, 0.2) is 0 Å². The van der Waals surface area contributed by atoms with Gasteiger partial charge in [0.25, 0.3) is 0 Å². The minimum atomic E-state index is -0.739. The number of ether oxygens (including phenoxy) is 1. The van der Waals surface area contributed by atoms with Gasteiger partial charge in [-0.05, 0) is 32.1 Å². The lowest BCUT2D eigenvalue weighted by atomic mass is 10.0. The van der Waals surface area contributed by atoms with Crippen LogP contribution in [0.25, 0.3) is 0 Å². The number of benzene rings is 1. The van der Waals surface area contributed by atoms with Gasteiger partial charge in [0, 0.05) is 50.5 Å². The molecule has 0 radical (unpaired) electrons. The summed E-state index contributed by atoms with van der Waals surface area (Å²) in [4.78, 5) is 6.72. The molecule has 0 spiro atoms. The van der Waals surface area contributed by atoms with E-state index >= 15 is 0 Å². The highest BCUT2D eigenvalue weighted by Crippen LogP contribution is 2.29. The fourth-order valence-electron chi connectivity index (χ4n) is 3.66. The Balaban J connectivity index is 1.60. The van der Waals surface area contributed by atoms with Gasteiger partial charge >= 0.3 is 0 Å². The molecule has 0 saturated carbocycles. The Hall–Kier alpha value is -1.53. The lowest BCUT2D eigenvalue weighted by molar-refractivity contribution is 0.0405. The van der Waals surface area contributed by atoms with Gasteiger partial charge in [-0.1, -0.05) is 0 Å². The number of rotatable bonds is 3. The largest absolute Gasteiger partial charge is 0.495 e. The SMILES string of the molecule is COc1cc(N2CCN([C@@H]3CCN(C)C[C@@H]3F)CC2)ccc1N. The van der Waals surface area contributed by atoms with E-state index in [4.69, 9.17) is 10.5 Å². The lowest BCUT2D eigenvalue weighted by Crippen LogP contribution is -2.57. The molecule has 0 unspecified atom stereocenters. The number of piperazine rings is 1. The van der Waals surface area contributed by atoms with E-state index in [-0.39, 0.29) is 6.04 Å². The zero-order valence-electron chi connectivity index (χ0n) is 14.0. The zero-order chi connectivity index (χ0) is 16.4. The van der Waals surface area contributed by atoms with Gasteiger partial charge in [-0.2, -0.15) is 0 Å². The molecular weight excluding hydrogens is 295 g/mol. The maximum atomic E-state index is 14.3. The number of hydrogen-bond acceptors (Lipinski definition) is 5. The van der Waals surface area contributed by atoms with E-state index < -0.39 is 6.17 Å². The molecule has 0 aromatic heterocycles. The predicted octanol–water partition coefficient (Wildman–Crippen LogP) is 1.44. The van der Waals surface area contributed by atoms with Crippen LogP contribution in [0.3, 0.4) is 0 Å². The predicted molar refractivity (Wildman–Crippen MR) is 92.0 cm³/mol. The molecule has 2 atom stereocenters. The molecule has 3 rings (SSSR count). The molecule has 2 heterocycles. The van der Waals surface area contributed by atoms with Gasteiger partial charge in [-0.3, -0.25) is 4.90 Å². The number of likely N-dealkylation sites (tertiary alicyclic amines) is 1. The third-order valence-electron chi connectivity index (χ3n) is 5.08. The molecule has 0 aliphatic carbocycles. The summed E-state index contributed by atoms with van der Waals surface area (Å²) in [6.07, 6.45) is 0.185. The second-order valence-corrected chi connectivity index (χ2v) is 6.58. The molecule has 128 valence electrons. The van der Waals surface area contributed by atoms with Crippen molar-refractivity contribution in [3.63, 3.8) is 0 Å². The summed E-state index contributed by atoms with van der Waals surface area (Å²) in [6, 6.07) is 5.98. The van der Waals surface area contributed by atoms with Gasteiger partial charge in [-0.15, -0.1) is 0 Å². The Bertz CT molecular complexity index is 533. The van der Waals surface area contributed by atoms with Crippen molar-refractivity contribution in [3.05, 3.63) is 18.2 Å². The van der Waals surface area contributed by atoms with Crippen LogP contribution in [0.1, 0.15) is 6.42 Å². The van der Waals surface area contributed by atoms with E-state index in [2.05, 4.69) is 14.7 Å². The average Bonchev–Trinajstić information content (AvgIpc) is 2.56. The minimum Gasteiger partial charge on any atom is -0.495 e. The van der Waals surface area contributed by atoms with E-state index in [1.54, 1.807) is 7.11 Å². The molecule has 0 bridgehead atoms. The highest BCUT2D eigenvalue weighted by Gasteiger charge is 2.33. The van der Waals surface area contributed by atoms with Gasteiger partial charge in [0.05, 0.1) is 12.8 Å². The summed E-state index contributed by atoms with van der Waals surface area (Å²) in [5.41, 5.74) is 7.65. The van der Waals surface area contributed by atoms with Crippen LogP contribution in [0, 0.1) is 0 Å². The highest BCUT2D eigenvalue weighted by atomic mass is 19.1. The Morgan fingerprint density at radius 3 is 2.57 bits per heavy atom. The number of anilines is 2. The summed E-state index contributed by atoms with van der Waals surface area (Å²) in [6.45, 7) is 5.17. The normalized spacial score (nSPS) is 27.2. The quantitative estimate of drug-likeness (QED) is 0.853. The van der Waals surface area contributed by atoms with E-state index in [9.17, 15) is 4.39 Å². The number of nitrogens with two attached hydrogens (primary N) is 1. The smallest absolute Gasteiger partial charge is 0.143 e. The number of nitrogen functional groups attached to an aromatic ring is 1. The Kier molecular flexibility index (Phi) is 4.92. The molecule has 2 fully saturated rings. The molecule has 1 aromatic carbocycles. The fraction of sp³-hybridized carbons (Fsp3) is 0.647. The van der Waals surface area contributed by atoms with Crippen LogP contribution in [0.15, 0.2) is 18.2 Å². The van der Waals surface area contributed by atoms with Gasteiger partial charge in [0.1, 0.15) is 11.9 Å². The van der Waals surface area contributed by atoms with Gasteiger partial charge < -0.3 is 20.3 Å². The maximum Gasteiger partial charge on any atom is 0.143 e. The van der Waals surface area contributed by atoms with Crippen LogP contribution in [0.4, 0.5) is 15.8 Å². The maximum absolute atomic E-state index is 14.3.